The normalized spacial score (nSPS) is 13.5. The van der Waals surface area contributed by atoms with Gasteiger partial charge in [-0.2, -0.15) is 11.3 Å². The largest absolute Gasteiger partial charge is 0.305 e. The van der Waals surface area contributed by atoms with E-state index in [1.807, 2.05) is 35.7 Å². The van der Waals surface area contributed by atoms with E-state index in [0.717, 1.165) is 28.4 Å². The Balaban J connectivity index is 0.000000200. The number of thiophene rings is 1. The van der Waals surface area contributed by atoms with Crippen LogP contribution in [0.25, 0.3) is 53.8 Å². The number of rotatable bonds is 7. The summed E-state index contributed by atoms with van der Waals surface area (Å²) >= 11 is 1.86. The van der Waals surface area contributed by atoms with Crippen molar-refractivity contribution in [2.75, 3.05) is 0 Å². The molecule has 1 aliphatic rings. The van der Waals surface area contributed by atoms with Crippen molar-refractivity contribution in [1.29, 1.82) is 0 Å². The van der Waals surface area contributed by atoms with Gasteiger partial charge < -0.3 is 9.97 Å². The Labute approximate surface area is 329 Å². The Morgan fingerprint density at radius 3 is 2.27 bits per heavy atom. The fourth-order valence-corrected chi connectivity index (χ4v) is 10.4. The number of aromatic nitrogens is 2. The Kier molecular flexibility index (Phi) is 12.4. The molecule has 0 amide bonds. The van der Waals surface area contributed by atoms with Crippen LogP contribution in [0.5, 0.6) is 0 Å². The average molecular weight is 893 g/mol. The molecule has 2 nitrogen and oxygen atoms in total. The van der Waals surface area contributed by atoms with Crippen molar-refractivity contribution in [2.24, 2.45) is 5.92 Å². The molecule has 52 heavy (non-hydrogen) atoms. The molecule has 0 spiro atoms. The predicted molar refractivity (Wildman–Crippen MR) is 223 cm³/mol. The summed E-state index contributed by atoms with van der Waals surface area (Å²) in [6.45, 7) is 11.7. The maximum atomic E-state index is 4.76. The van der Waals surface area contributed by atoms with Crippen LogP contribution in [0.4, 0.5) is 0 Å². The number of fused-ring (bicyclic) bond motifs is 3. The SMILES string of the molecule is CC(C)c1cc(-c2[c-]cccc2)ncc1[Si](C)(C)C.[Ir].[c-]1ccc2c(sc3cc(-c4ccccc4)ccc32)c1-c1cc(CC2CCCCC2)ccn1. The van der Waals surface area contributed by atoms with E-state index < -0.39 is 8.07 Å². The minimum Gasteiger partial charge on any atom is -0.305 e. The van der Waals surface area contributed by atoms with Crippen LogP contribution in [0.1, 0.15) is 63.0 Å². The molecule has 5 heteroatoms. The van der Waals surface area contributed by atoms with Gasteiger partial charge in [0, 0.05) is 37.2 Å². The van der Waals surface area contributed by atoms with Crippen molar-refractivity contribution in [3.8, 4) is 33.6 Å². The van der Waals surface area contributed by atoms with Crippen LogP contribution in [0.2, 0.25) is 19.6 Å². The molecule has 0 unspecified atom stereocenters. The van der Waals surface area contributed by atoms with Gasteiger partial charge in [0.15, 0.2) is 0 Å². The van der Waals surface area contributed by atoms with Gasteiger partial charge in [0.05, 0.1) is 8.07 Å². The Morgan fingerprint density at radius 1 is 0.750 bits per heavy atom. The van der Waals surface area contributed by atoms with Crippen molar-refractivity contribution in [3.63, 3.8) is 0 Å². The van der Waals surface area contributed by atoms with Crippen LogP contribution in [0, 0.1) is 18.1 Å². The molecule has 4 aromatic carbocycles. The molecular formula is C47H48IrN2SSi-2. The van der Waals surface area contributed by atoms with Gasteiger partial charge in [-0.3, -0.25) is 0 Å². The number of pyridine rings is 2. The van der Waals surface area contributed by atoms with Crippen molar-refractivity contribution >= 4 is 44.8 Å². The van der Waals surface area contributed by atoms with E-state index in [0.29, 0.717) is 5.92 Å². The summed E-state index contributed by atoms with van der Waals surface area (Å²) in [5, 5.41) is 4.10. The van der Waals surface area contributed by atoms with Gasteiger partial charge in [-0.05, 0) is 68.2 Å². The van der Waals surface area contributed by atoms with E-state index in [1.54, 1.807) is 0 Å². The summed E-state index contributed by atoms with van der Waals surface area (Å²) in [4.78, 5) is 9.43. The van der Waals surface area contributed by atoms with E-state index in [9.17, 15) is 0 Å². The Morgan fingerprint density at radius 2 is 1.54 bits per heavy atom. The first-order valence-corrected chi connectivity index (χ1v) is 22.9. The maximum Gasteiger partial charge on any atom is 0.0799 e. The van der Waals surface area contributed by atoms with Gasteiger partial charge in [0.25, 0.3) is 0 Å². The third-order valence-corrected chi connectivity index (χ3v) is 13.4. The minimum absolute atomic E-state index is 0. The first kappa shape index (κ1) is 38.0. The van der Waals surface area contributed by atoms with Crippen molar-refractivity contribution in [2.45, 2.75) is 77.9 Å². The second-order valence-electron chi connectivity index (χ2n) is 15.4. The number of benzene rings is 4. The van der Waals surface area contributed by atoms with Gasteiger partial charge >= 0.3 is 0 Å². The van der Waals surface area contributed by atoms with Crippen LogP contribution in [0.15, 0.2) is 116 Å². The van der Waals surface area contributed by atoms with Crippen LogP contribution in [-0.2, 0) is 26.5 Å². The number of hydrogen-bond donors (Lipinski definition) is 0. The van der Waals surface area contributed by atoms with Crippen molar-refractivity contribution in [1.82, 2.24) is 9.97 Å². The van der Waals surface area contributed by atoms with Crippen LogP contribution in [0.3, 0.4) is 0 Å². The Bertz CT molecular complexity index is 2230. The summed E-state index contributed by atoms with van der Waals surface area (Å²) in [5.41, 5.74) is 9.69. The molecule has 7 aromatic rings. The first-order valence-electron chi connectivity index (χ1n) is 18.6. The predicted octanol–water partition coefficient (Wildman–Crippen LogP) is 12.9. The summed E-state index contributed by atoms with van der Waals surface area (Å²) in [7, 11) is -1.34. The van der Waals surface area contributed by atoms with E-state index in [4.69, 9.17) is 4.98 Å². The zero-order valence-corrected chi connectivity index (χ0v) is 35.2. The van der Waals surface area contributed by atoms with Crippen molar-refractivity contribution in [3.05, 3.63) is 139 Å². The van der Waals surface area contributed by atoms with Gasteiger partial charge in [0.1, 0.15) is 0 Å². The first-order chi connectivity index (χ1) is 24.7. The summed E-state index contributed by atoms with van der Waals surface area (Å²) in [5.74, 6) is 1.37. The van der Waals surface area contributed by atoms with E-state index in [1.165, 1.54) is 86.1 Å². The van der Waals surface area contributed by atoms with Crippen LogP contribution in [-0.4, -0.2) is 18.0 Å². The smallest absolute Gasteiger partial charge is 0.0799 e. The second kappa shape index (κ2) is 16.9. The van der Waals surface area contributed by atoms with Gasteiger partial charge in [-0.25, -0.2) is 0 Å². The fourth-order valence-electron chi connectivity index (χ4n) is 7.48. The average Bonchev–Trinajstić information content (AvgIpc) is 3.54. The zero-order chi connectivity index (χ0) is 35.4. The van der Waals surface area contributed by atoms with E-state index in [2.05, 4.69) is 142 Å². The van der Waals surface area contributed by atoms with E-state index >= 15 is 0 Å². The zero-order valence-electron chi connectivity index (χ0n) is 31.0. The second-order valence-corrected chi connectivity index (χ2v) is 21.5. The molecule has 1 radical (unpaired) electrons. The topological polar surface area (TPSA) is 25.8 Å². The third kappa shape index (κ3) is 8.72. The van der Waals surface area contributed by atoms with Crippen molar-refractivity contribution < 1.29 is 20.1 Å². The number of hydrogen-bond acceptors (Lipinski definition) is 3. The minimum atomic E-state index is -1.34. The maximum absolute atomic E-state index is 4.76. The summed E-state index contributed by atoms with van der Waals surface area (Å²) in [6, 6.07) is 43.3. The molecule has 0 atom stereocenters. The monoisotopic (exact) mass is 893 g/mol. The molecule has 3 heterocycles. The summed E-state index contributed by atoms with van der Waals surface area (Å²) in [6.07, 6.45) is 12.2. The molecule has 1 aliphatic carbocycles. The van der Waals surface area contributed by atoms with E-state index in [-0.39, 0.29) is 20.1 Å². The molecule has 0 N–H and O–H groups in total. The fraction of sp³-hybridized carbons (Fsp3) is 0.277. The van der Waals surface area contributed by atoms with Gasteiger partial charge in [-0.1, -0.05) is 137 Å². The standard InChI is InChI=1S/C30H26NS.C17H22NSi.Ir/c1-3-8-21(9-4-1)18-22-16-17-31-28(19-22)27-13-7-12-26-25-15-14-24(20-29(25)32-30(26)27)23-10-5-2-6-11-23;1-13(2)15-11-16(14-9-7-6-8-10-14)18-12-17(15)19(3,4)5;/h2,5-7,10-12,14-17,19-21H,1,3-4,8-9,18H2;6-9,11-13H,1-5H3;/q2*-1;. The molecule has 1 fully saturated rings. The molecule has 0 aliphatic heterocycles. The Hall–Kier alpha value is -3.73. The molecule has 1 saturated carbocycles. The van der Waals surface area contributed by atoms with Gasteiger partial charge in [0.2, 0.25) is 0 Å². The summed E-state index contributed by atoms with van der Waals surface area (Å²) < 4.78 is 2.61. The van der Waals surface area contributed by atoms with Gasteiger partial charge in [-0.15, -0.1) is 59.7 Å². The molecule has 3 aromatic heterocycles. The number of nitrogens with zero attached hydrogens (tertiary/aromatic N) is 2. The molecule has 0 saturated heterocycles. The molecule has 8 rings (SSSR count). The third-order valence-electron chi connectivity index (χ3n) is 10.2. The quantitative estimate of drug-likeness (QED) is 0.118. The molecule has 267 valence electrons. The molecule has 0 bridgehead atoms. The van der Waals surface area contributed by atoms with Crippen LogP contribution < -0.4 is 5.19 Å². The van der Waals surface area contributed by atoms with Crippen LogP contribution >= 0.6 is 11.3 Å². The molecular weight excluding hydrogens is 845 g/mol.